The van der Waals surface area contributed by atoms with Gasteiger partial charge in [-0.1, -0.05) is 6.07 Å². The smallest absolute Gasteiger partial charge is 0.337 e. The molecule has 0 fully saturated rings. The van der Waals surface area contributed by atoms with Crippen LogP contribution in [0.1, 0.15) is 10.4 Å². The van der Waals surface area contributed by atoms with Gasteiger partial charge in [-0.3, -0.25) is 0 Å². The fraction of sp³-hybridized carbons (Fsp3) is 0. The van der Waals surface area contributed by atoms with Gasteiger partial charge in [0, 0.05) is 20.6 Å². The molecule has 0 aliphatic rings. The first kappa shape index (κ1) is 12.7. The summed E-state index contributed by atoms with van der Waals surface area (Å²) in [7, 11) is 0. The van der Waals surface area contributed by atoms with E-state index < -0.39 is 5.97 Å². The van der Waals surface area contributed by atoms with Crippen LogP contribution in [0.2, 0.25) is 0 Å². The lowest BCUT2D eigenvalue weighted by Crippen LogP contribution is -2.03. The fourth-order valence-electron chi connectivity index (χ4n) is 1.55. The predicted molar refractivity (Wildman–Crippen MR) is 80.3 cm³/mol. The molecule has 0 spiro atoms. The molecule has 0 bridgehead atoms. The van der Waals surface area contributed by atoms with Crippen molar-refractivity contribution >= 4 is 45.6 Å². The van der Waals surface area contributed by atoms with Crippen molar-refractivity contribution in [2.75, 3.05) is 11.1 Å². The molecule has 2 aromatic carbocycles. The van der Waals surface area contributed by atoms with E-state index in [0.717, 1.165) is 9.26 Å². The zero-order chi connectivity index (χ0) is 13.1. The van der Waals surface area contributed by atoms with Crippen molar-refractivity contribution in [3.05, 3.63) is 51.6 Å². The van der Waals surface area contributed by atoms with Crippen LogP contribution in [0, 0.1) is 3.57 Å². The number of halogens is 1. The third-order valence-electron chi connectivity index (χ3n) is 2.40. The summed E-state index contributed by atoms with van der Waals surface area (Å²) in [5.74, 6) is -1.03. The molecule has 18 heavy (non-hydrogen) atoms. The molecule has 92 valence electrons. The van der Waals surface area contributed by atoms with Crippen LogP contribution in [0.15, 0.2) is 42.5 Å². The highest BCUT2D eigenvalue weighted by atomic mass is 127. The number of hydrogen-bond acceptors (Lipinski definition) is 3. The molecule has 4 nitrogen and oxygen atoms in total. The Labute approximate surface area is 118 Å². The Morgan fingerprint density at radius 1 is 1.17 bits per heavy atom. The monoisotopic (exact) mass is 354 g/mol. The summed E-state index contributed by atoms with van der Waals surface area (Å²) in [4.78, 5) is 11.0. The molecule has 0 atom stereocenters. The third kappa shape index (κ3) is 2.92. The van der Waals surface area contributed by atoms with Crippen molar-refractivity contribution in [2.45, 2.75) is 0 Å². The minimum absolute atomic E-state index is 0.102. The van der Waals surface area contributed by atoms with E-state index in [1.165, 1.54) is 6.07 Å². The van der Waals surface area contributed by atoms with Gasteiger partial charge in [0.05, 0.1) is 5.56 Å². The molecule has 4 N–H and O–H groups in total. The van der Waals surface area contributed by atoms with Crippen molar-refractivity contribution < 1.29 is 9.90 Å². The van der Waals surface area contributed by atoms with E-state index in [2.05, 4.69) is 27.9 Å². The second kappa shape index (κ2) is 5.26. The summed E-state index contributed by atoms with van der Waals surface area (Å²) in [5.41, 5.74) is 7.56. The molecular weight excluding hydrogens is 343 g/mol. The van der Waals surface area contributed by atoms with Crippen LogP contribution in [-0.2, 0) is 0 Å². The molecule has 2 aromatic rings. The molecule has 0 aliphatic heterocycles. The number of hydrogen-bond donors (Lipinski definition) is 3. The van der Waals surface area contributed by atoms with Gasteiger partial charge in [0.25, 0.3) is 0 Å². The summed E-state index contributed by atoms with van der Waals surface area (Å²) in [6.45, 7) is 0. The molecular formula is C13H11IN2O2. The van der Waals surface area contributed by atoms with Crippen molar-refractivity contribution in [3.8, 4) is 0 Å². The van der Waals surface area contributed by atoms with Crippen LogP contribution in [-0.4, -0.2) is 11.1 Å². The highest BCUT2D eigenvalue weighted by molar-refractivity contribution is 14.1. The van der Waals surface area contributed by atoms with Crippen molar-refractivity contribution in [2.24, 2.45) is 0 Å². The van der Waals surface area contributed by atoms with Gasteiger partial charge < -0.3 is 16.2 Å². The molecule has 0 heterocycles. The van der Waals surface area contributed by atoms with Crippen LogP contribution in [0.5, 0.6) is 0 Å². The Hall–Kier alpha value is -1.76. The van der Waals surface area contributed by atoms with E-state index in [1.807, 2.05) is 24.3 Å². The summed E-state index contributed by atoms with van der Waals surface area (Å²) < 4.78 is 1.10. The van der Waals surface area contributed by atoms with Crippen molar-refractivity contribution in [1.82, 2.24) is 0 Å². The first-order valence-electron chi connectivity index (χ1n) is 5.21. The predicted octanol–water partition coefficient (Wildman–Crippen LogP) is 3.32. The van der Waals surface area contributed by atoms with Crippen molar-refractivity contribution in [3.63, 3.8) is 0 Å². The minimum atomic E-state index is -1.03. The summed E-state index contributed by atoms with van der Waals surface area (Å²) >= 11 is 2.22. The zero-order valence-electron chi connectivity index (χ0n) is 9.35. The Morgan fingerprint density at radius 3 is 2.56 bits per heavy atom. The SMILES string of the molecule is Nc1ccc(Nc2cccc(I)c2)cc1C(=O)O. The number of carboxylic acids is 1. The second-order valence-electron chi connectivity index (χ2n) is 3.74. The lowest BCUT2D eigenvalue weighted by atomic mass is 10.1. The van der Waals surface area contributed by atoms with Gasteiger partial charge in [0.2, 0.25) is 0 Å². The molecule has 0 saturated heterocycles. The molecule has 0 radical (unpaired) electrons. The first-order chi connectivity index (χ1) is 8.56. The standard InChI is InChI=1S/C13H11IN2O2/c14-8-2-1-3-9(6-8)16-10-4-5-12(15)11(7-10)13(17)18/h1-7,16H,15H2,(H,17,18). The molecule has 0 amide bonds. The van der Waals surface area contributed by atoms with Crippen LogP contribution in [0.4, 0.5) is 17.1 Å². The van der Waals surface area contributed by atoms with Crippen LogP contribution in [0.3, 0.4) is 0 Å². The van der Waals surface area contributed by atoms with Gasteiger partial charge >= 0.3 is 5.97 Å². The highest BCUT2D eigenvalue weighted by Gasteiger charge is 2.08. The normalized spacial score (nSPS) is 10.1. The fourth-order valence-corrected chi connectivity index (χ4v) is 2.10. The molecule has 0 aliphatic carbocycles. The topological polar surface area (TPSA) is 75.3 Å². The Kier molecular flexibility index (Phi) is 3.71. The Bertz CT molecular complexity index is 599. The molecule has 5 heteroatoms. The maximum Gasteiger partial charge on any atom is 0.337 e. The minimum Gasteiger partial charge on any atom is -0.478 e. The average Bonchev–Trinajstić information content (AvgIpc) is 2.31. The maximum absolute atomic E-state index is 11.0. The quantitative estimate of drug-likeness (QED) is 0.584. The van der Waals surface area contributed by atoms with E-state index in [4.69, 9.17) is 10.8 Å². The summed E-state index contributed by atoms with van der Waals surface area (Å²) in [5, 5.41) is 12.1. The lowest BCUT2D eigenvalue weighted by Gasteiger charge is -2.09. The maximum atomic E-state index is 11.0. The Morgan fingerprint density at radius 2 is 1.89 bits per heavy atom. The van der Waals surface area contributed by atoms with Crippen LogP contribution < -0.4 is 11.1 Å². The molecule has 0 saturated carbocycles. The van der Waals surface area contributed by atoms with E-state index in [1.54, 1.807) is 12.1 Å². The van der Waals surface area contributed by atoms with Gasteiger partial charge in [-0.2, -0.15) is 0 Å². The molecule has 0 aromatic heterocycles. The van der Waals surface area contributed by atoms with Gasteiger partial charge in [-0.05, 0) is 59.0 Å². The highest BCUT2D eigenvalue weighted by Crippen LogP contribution is 2.22. The van der Waals surface area contributed by atoms with Crippen LogP contribution >= 0.6 is 22.6 Å². The molecule has 0 unspecified atom stereocenters. The number of anilines is 3. The van der Waals surface area contributed by atoms with E-state index in [-0.39, 0.29) is 11.3 Å². The number of carboxylic acid groups (broad SMARTS) is 1. The van der Waals surface area contributed by atoms with Gasteiger partial charge in [0.1, 0.15) is 0 Å². The van der Waals surface area contributed by atoms with Gasteiger partial charge in [-0.25, -0.2) is 4.79 Å². The number of nitrogen functional groups attached to an aromatic ring is 1. The van der Waals surface area contributed by atoms with Crippen LogP contribution in [0.25, 0.3) is 0 Å². The number of nitrogens with one attached hydrogen (secondary N) is 1. The van der Waals surface area contributed by atoms with Gasteiger partial charge in [-0.15, -0.1) is 0 Å². The number of nitrogens with two attached hydrogens (primary N) is 1. The third-order valence-corrected chi connectivity index (χ3v) is 3.07. The average molecular weight is 354 g/mol. The summed E-state index contributed by atoms with van der Waals surface area (Å²) in [6, 6.07) is 12.7. The Balaban J connectivity index is 2.30. The first-order valence-corrected chi connectivity index (χ1v) is 6.29. The zero-order valence-corrected chi connectivity index (χ0v) is 11.5. The van der Waals surface area contributed by atoms with E-state index in [9.17, 15) is 4.79 Å². The number of carbonyl (C=O) groups is 1. The van der Waals surface area contributed by atoms with Crippen molar-refractivity contribution in [1.29, 1.82) is 0 Å². The molecule has 2 rings (SSSR count). The summed E-state index contributed by atoms with van der Waals surface area (Å²) in [6.07, 6.45) is 0. The van der Waals surface area contributed by atoms with Gasteiger partial charge in [0.15, 0.2) is 0 Å². The van der Waals surface area contributed by atoms with E-state index in [0.29, 0.717) is 5.69 Å². The lowest BCUT2D eigenvalue weighted by molar-refractivity contribution is 0.0698. The number of aromatic carboxylic acids is 1. The van der Waals surface area contributed by atoms with E-state index >= 15 is 0 Å². The number of benzene rings is 2. The number of rotatable bonds is 3. The largest absolute Gasteiger partial charge is 0.478 e. The second-order valence-corrected chi connectivity index (χ2v) is 4.99.